The summed E-state index contributed by atoms with van der Waals surface area (Å²) in [5, 5.41) is 12.7. The molecule has 0 saturated carbocycles. The minimum absolute atomic E-state index is 0.346. The van der Waals surface area contributed by atoms with E-state index >= 15 is 0 Å². The summed E-state index contributed by atoms with van der Waals surface area (Å²) in [5.41, 5.74) is 0.471. The van der Waals surface area contributed by atoms with Crippen molar-refractivity contribution >= 4 is 11.8 Å². The Labute approximate surface area is 93.1 Å². The normalized spacial score (nSPS) is 11.0. The summed E-state index contributed by atoms with van der Waals surface area (Å²) in [6, 6.07) is 7.80. The Morgan fingerprint density at radius 2 is 1.94 bits per heavy atom. The van der Waals surface area contributed by atoms with Crippen LogP contribution in [-0.4, -0.2) is 17.9 Å². The molecule has 0 bridgehead atoms. The predicted molar refractivity (Wildman–Crippen MR) is 57.1 cm³/mol. The van der Waals surface area contributed by atoms with Gasteiger partial charge in [0.1, 0.15) is 6.04 Å². The van der Waals surface area contributed by atoms with Gasteiger partial charge < -0.3 is 5.32 Å². The molecular weight excluding hydrogens is 206 g/mol. The van der Waals surface area contributed by atoms with Crippen LogP contribution in [0.2, 0.25) is 0 Å². The molecule has 0 aromatic heterocycles. The van der Waals surface area contributed by atoms with E-state index in [9.17, 15) is 9.59 Å². The molecule has 82 valence electrons. The van der Waals surface area contributed by atoms with Gasteiger partial charge in [0, 0.05) is 5.56 Å². The lowest BCUT2D eigenvalue weighted by atomic mass is 10.2. The molecule has 0 aliphatic carbocycles. The van der Waals surface area contributed by atoms with Gasteiger partial charge in [-0.3, -0.25) is 14.9 Å². The van der Waals surface area contributed by atoms with Crippen molar-refractivity contribution in [3.63, 3.8) is 0 Å². The summed E-state index contributed by atoms with van der Waals surface area (Å²) in [4.78, 5) is 22.8. The third-order valence-corrected chi connectivity index (χ3v) is 1.96. The van der Waals surface area contributed by atoms with Crippen LogP contribution in [0.3, 0.4) is 0 Å². The molecule has 0 saturated heterocycles. The van der Waals surface area contributed by atoms with E-state index in [1.54, 1.807) is 30.3 Å². The molecule has 0 spiro atoms. The quantitative estimate of drug-likeness (QED) is 0.568. The number of carbonyl (C=O) groups is 2. The lowest BCUT2D eigenvalue weighted by Gasteiger charge is -2.10. The molecule has 1 aromatic rings. The monoisotopic (exact) mass is 217 g/mol. The summed E-state index contributed by atoms with van der Waals surface area (Å²) in [7, 11) is 0. The highest BCUT2D eigenvalue weighted by Crippen LogP contribution is 1.98. The molecule has 5 heteroatoms. The first-order valence-electron chi connectivity index (χ1n) is 4.70. The molecule has 2 N–H and O–H groups in total. The van der Waals surface area contributed by atoms with Gasteiger partial charge >= 0.3 is 0 Å². The summed E-state index contributed by atoms with van der Waals surface area (Å²) < 4.78 is 0. The van der Waals surface area contributed by atoms with Crippen LogP contribution in [0.5, 0.6) is 0 Å². The first-order valence-corrected chi connectivity index (χ1v) is 4.70. The molecular formula is C11H11N3O2. The first kappa shape index (κ1) is 11.7. The summed E-state index contributed by atoms with van der Waals surface area (Å²) in [5.74, 6) is -0.882. The second-order valence-corrected chi connectivity index (χ2v) is 3.16. The maximum atomic E-state index is 11.6. The van der Waals surface area contributed by atoms with E-state index < -0.39 is 11.9 Å². The van der Waals surface area contributed by atoms with Crippen LogP contribution in [0, 0.1) is 11.5 Å². The smallest absolute Gasteiger partial charge is 0.255 e. The fraction of sp³-hybridized carbons (Fsp3) is 0.182. The van der Waals surface area contributed by atoms with Crippen LogP contribution in [0.1, 0.15) is 17.3 Å². The van der Waals surface area contributed by atoms with Crippen molar-refractivity contribution in [3.05, 3.63) is 35.9 Å². The molecule has 1 atom stereocenters. The molecule has 2 amide bonds. The van der Waals surface area contributed by atoms with Crippen LogP contribution >= 0.6 is 0 Å². The zero-order valence-electron chi connectivity index (χ0n) is 8.73. The molecule has 0 aliphatic heterocycles. The Hall–Kier alpha value is -2.35. The van der Waals surface area contributed by atoms with Crippen molar-refractivity contribution in [1.82, 2.24) is 10.6 Å². The van der Waals surface area contributed by atoms with Gasteiger partial charge in [-0.15, -0.1) is 0 Å². The lowest BCUT2D eigenvalue weighted by molar-refractivity contribution is -0.121. The molecule has 1 aromatic carbocycles. The molecule has 16 heavy (non-hydrogen) atoms. The van der Waals surface area contributed by atoms with Gasteiger partial charge in [-0.05, 0) is 19.1 Å². The highest BCUT2D eigenvalue weighted by molar-refractivity contribution is 5.97. The molecule has 5 nitrogen and oxygen atoms in total. The SMILES string of the molecule is CC(NC(=O)c1ccccc1)C(=O)NC#N. The maximum absolute atomic E-state index is 11.6. The minimum atomic E-state index is -0.743. The number of rotatable bonds is 3. The standard InChI is InChI=1S/C11H11N3O2/c1-8(10(15)13-7-12)14-11(16)9-5-3-2-4-6-9/h2-6,8H,1H3,(H,13,15)(H,14,16). The fourth-order valence-corrected chi connectivity index (χ4v) is 1.10. The van der Waals surface area contributed by atoms with E-state index in [1.165, 1.54) is 13.1 Å². The highest BCUT2D eigenvalue weighted by Gasteiger charge is 2.15. The largest absolute Gasteiger partial charge is 0.340 e. The van der Waals surface area contributed by atoms with Crippen LogP contribution in [-0.2, 0) is 4.79 Å². The highest BCUT2D eigenvalue weighted by atomic mass is 16.2. The summed E-state index contributed by atoms with van der Waals surface area (Å²) in [6.45, 7) is 1.51. The third kappa shape index (κ3) is 3.10. The van der Waals surface area contributed by atoms with E-state index in [0.717, 1.165) is 0 Å². The van der Waals surface area contributed by atoms with Crippen molar-refractivity contribution < 1.29 is 9.59 Å². The number of nitrogens with one attached hydrogen (secondary N) is 2. The number of benzene rings is 1. The van der Waals surface area contributed by atoms with Gasteiger partial charge in [0.25, 0.3) is 11.8 Å². The number of amides is 2. The summed E-state index contributed by atoms with van der Waals surface area (Å²) in [6.07, 6.45) is 1.51. The van der Waals surface area contributed by atoms with Gasteiger partial charge in [0.05, 0.1) is 0 Å². The number of nitrogens with zero attached hydrogens (tertiary/aromatic N) is 1. The van der Waals surface area contributed by atoms with E-state index in [-0.39, 0.29) is 5.91 Å². The lowest BCUT2D eigenvalue weighted by Crippen LogP contribution is -2.43. The Bertz CT molecular complexity index is 423. The third-order valence-electron chi connectivity index (χ3n) is 1.96. The van der Waals surface area contributed by atoms with E-state index in [4.69, 9.17) is 5.26 Å². The number of hydrogen-bond donors (Lipinski definition) is 2. The molecule has 1 unspecified atom stereocenters. The Balaban J connectivity index is 2.59. The first-order chi connectivity index (χ1) is 7.65. The zero-order valence-corrected chi connectivity index (χ0v) is 8.73. The van der Waals surface area contributed by atoms with Gasteiger partial charge in [0.2, 0.25) is 0 Å². The van der Waals surface area contributed by atoms with Crippen molar-refractivity contribution in [2.24, 2.45) is 0 Å². The number of carbonyl (C=O) groups excluding carboxylic acids is 2. The van der Waals surface area contributed by atoms with Crippen molar-refractivity contribution in [3.8, 4) is 6.19 Å². The zero-order chi connectivity index (χ0) is 12.0. The minimum Gasteiger partial charge on any atom is -0.340 e. The molecule has 1 rings (SSSR count). The van der Waals surface area contributed by atoms with Crippen LogP contribution < -0.4 is 10.6 Å². The Morgan fingerprint density at radius 1 is 1.31 bits per heavy atom. The average Bonchev–Trinajstić information content (AvgIpc) is 2.30. The number of nitriles is 1. The van der Waals surface area contributed by atoms with Crippen LogP contribution in [0.4, 0.5) is 0 Å². The van der Waals surface area contributed by atoms with Gasteiger partial charge in [-0.1, -0.05) is 18.2 Å². The second kappa shape index (κ2) is 5.51. The molecule has 0 fully saturated rings. The maximum Gasteiger partial charge on any atom is 0.255 e. The predicted octanol–water partition coefficient (Wildman–Crippen LogP) is 0.402. The van der Waals surface area contributed by atoms with Gasteiger partial charge in [-0.25, -0.2) is 0 Å². The van der Waals surface area contributed by atoms with Crippen molar-refractivity contribution in [2.45, 2.75) is 13.0 Å². The van der Waals surface area contributed by atoms with E-state index in [2.05, 4.69) is 5.32 Å². The van der Waals surface area contributed by atoms with Crippen LogP contribution in [0.15, 0.2) is 30.3 Å². The molecule has 0 heterocycles. The van der Waals surface area contributed by atoms with Crippen molar-refractivity contribution in [1.29, 1.82) is 5.26 Å². The molecule has 0 aliphatic rings. The summed E-state index contributed by atoms with van der Waals surface area (Å²) >= 11 is 0. The van der Waals surface area contributed by atoms with Gasteiger partial charge in [-0.2, -0.15) is 5.26 Å². The van der Waals surface area contributed by atoms with E-state index in [0.29, 0.717) is 5.56 Å². The number of hydrogen-bond acceptors (Lipinski definition) is 3. The van der Waals surface area contributed by atoms with E-state index in [1.807, 2.05) is 5.32 Å². The average molecular weight is 217 g/mol. The Morgan fingerprint density at radius 3 is 2.50 bits per heavy atom. The van der Waals surface area contributed by atoms with Crippen LogP contribution in [0.25, 0.3) is 0 Å². The molecule has 0 radical (unpaired) electrons. The Kier molecular flexibility index (Phi) is 4.04. The fourth-order valence-electron chi connectivity index (χ4n) is 1.10. The van der Waals surface area contributed by atoms with Crippen molar-refractivity contribution in [2.75, 3.05) is 0 Å². The topological polar surface area (TPSA) is 82.0 Å². The second-order valence-electron chi connectivity index (χ2n) is 3.16. The van der Waals surface area contributed by atoms with Gasteiger partial charge in [0.15, 0.2) is 6.19 Å².